The van der Waals surface area contributed by atoms with Crippen LogP contribution in [-0.2, 0) is 37.9 Å². The predicted molar refractivity (Wildman–Crippen MR) is 193 cm³/mol. The zero-order chi connectivity index (χ0) is 35.9. The van der Waals surface area contributed by atoms with E-state index in [1.807, 2.05) is 72.8 Å². The summed E-state index contributed by atoms with van der Waals surface area (Å²) in [5.41, 5.74) is 2.34. The third-order valence-corrected chi connectivity index (χ3v) is 8.94. The third kappa shape index (κ3) is 11.3. The standard InChI is InChI=1S/C14H14O2.2C8H14O4.C8H10O2.CH4/c1-15-13-7-3-11(4-8-13)12-5-9-14(16-2)10-6-12;2*1-9-5-3-11-8-6(10-2)4-12-7(5)8;1-9-7-3-5-8(10-2)6-4-7;/h3-10H,1-2H3;2*5-8H,3-4H2,1-2H3;3-6H,1-2H3;1H4/t;5-,6+,7?,8?;5-,6-,7-,8-;;/m..1../s1. The van der Waals surface area contributed by atoms with E-state index in [0.717, 1.165) is 23.0 Å². The molecule has 0 N–H and O–H groups in total. The molecule has 4 fully saturated rings. The van der Waals surface area contributed by atoms with Gasteiger partial charge in [0.1, 0.15) is 71.8 Å². The van der Waals surface area contributed by atoms with Gasteiger partial charge < -0.3 is 56.8 Å². The second kappa shape index (κ2) is 21.8. The van der Waals surface area contributed by atoms with E-state index in [1.54, 1.807) is 56.9 Å². The number of hydrogen-bond acceptors (Lipinski definition) is 12. The molecule has 12 heteroatoms. The average molecular weight is 717 g/mol. The Morgan fingerprint density at radius 3 is 0.725 bits per heavy atom. The summed E-state index contributed by atoms with van der Waals surface area (Å²) >= 11 is 0. The maximum absolute atomic E-state index is 5.51. The van der Waals surface area contributed by atoms with Crippen LogP contribution in [0.2, 0.25) is 0 Å². The highest BCUT2D eigenvalue weighted by atomic mass is 16.6. The monoisotopic (exact) mass is 716 g/mol. The molecular formula is C39H56O12. The van der Waals surface area contributed by atoms with Crippen molar-refractivity contribution >= 4 is 0 Å². The fourth-order valence-corrected chi connectivity index (χ4v) is 5.95. The average Bonchev–Trinajstić information content (AvgIpc) is 3.98. The second-order valence-corrected chi connectivity index (χ2v) is 11.6. The van der Waals surface area contributed by atoms with E-state index < -0.39 is 0 Å². The van der Waals surface area contributed by atoms with E-state index in [-0.39, 0.29) is 56.3 Å². The summed E-state index contributed by atoms with van der Waals surface area (Å²) in [6.07, 6.45) is 0.593. The van der Waals surface area contributed by atoms with Gasteiger partial charge in [-0.1, -0.05) is 31.7 Å². The lowest BCUT2D eigenvalue weighted by atomic mass is 10.1. The summed E-state index contributed by atoms with van der Waals surface area (Å²) in [6.45, 7) is 2.47. The molecule has 4 aliphatic heterocycles. The van der Waals surface area contributed by atoms with Crippen LogP contribution >= 0.6 is 0 Å². The largest absolute Gasteiger partial charge is 0.497 e. The fraction of sp³-hybridized carbons (Fsp3) is 0.538. The first-order chi connectivity index (χ1) is 24.4. The Balaban J connectivity index is 0.000000185. The first-order valence-electron chi connectivity index (χ1n) is 16.5. The van der Waals surface area contributed by atoms with E-state index in [0.29, 0.717) is 26.4 Å². The molecule has 3 aromatic rings. The van der Waals surface area contributed by atoms with Crippen molar-refractivity contribution in [3.05, 3.63) is 72.8 Å². The molecule has 7 rings (SSSR count). The van der Waals surface area contributed by atoms with Gasteiger partial charge >= 0.3 is 0 Å². The zero-order valence-electron chi connectivity index (χ0n) is 30.3. The number of methoxy groups -OCH3 is 8. The Morgan fingerprint density at radius 2 is 0.549 bits per heavy atom. The van der Waals surface area contributed by atoms with Crippen molar-refractivity contribution in [3.63, 3.8) is 0 Å². The maximum Gasteiger partial charge on any atom is 0.119 e. The fourth-order valence-electron chi connectivity index (χ4n) is 5.95. The molecule has 12 nitrogen and oxygen atoms in total. The molecule has 2 unspecified atom stereocenters. The number of benzene rings is 3. The quantitative estimate of drug-likeness (QED) is 0.285. The van der Waals surface area contributed by atoms with Crippen LogP contribution in [0.4, 0.5) is 0 Å². The number of fused-ring (bicyclic) bond motifs is 2. The zero-order valence-corrected chi connectivity index (χ0v) is 30.3. The van der Waals surface area contributed by atoms with E-state index in [9.17, 15) is 0 Å². The van der Waals surface area contributed by atoms with Gasteiger partial charge in [-0.25, -0.2) is 0 Å². The summed E-state index contributed by atoms with van der Waals surface area (Å²) in [5.74, 6) is 3.44. The van der Waals surface area contributed by atoms with Crippen LogP contribution in [0.5, 0.6) is 23.0 Å². The molecule has 0 bridgehead atoms. The summed E-state index contributed by atoms with van der Waals surface area (Å²) in [4.78, 5) is 0. The van der Waals surface area contributed by atoms with Crippen molar-refractivity contribution in [2.75, 3.05) is 83.3 Å². The number of ether oxygens (including phenoxy) is 12. The van der Waals surface area contributed by atoms with E-state index in [4.69, 9.17) is 56.8 Å². The van der Waals surface area contributed by atoms with Crippen molar-refractivity contribution in [1.82, 2.24) is 0 Å². The van der Waals surface area contributed by atoms with Gasteiger partial charge in [-0.05, 0) is 59.7 Å². The molecule has 0 radical (unpaired) electrons. The Bertz CT molecular complexity index is 1210. The van der Waals surface area contributed by atoms with Gasteiger partial charge in [-0.15, -0.1) is 0 Å². The molecule has 0 amide bonds. The summed E-state index contributed by atoms with van der Waals surface area (Å²) < 4.78 is 63.0. The summed E-state index contributed by atoms with van der Waals surface area (Å²) in [7, 11) is 13.3. The Hall–Kier alpha value is -3.46. The van der Waals surface area contributed by atoms with Crippen molar-refractivity contribution in [1.29, 1.82) is 0 Å². The molecule has 284 valence electrons. The van der Waals surface area contributed by atoms with Crippen LogP contribution in [0.15, 0.2) is 72.8 Å². The van der Waals surface area contributed by atoms with Gasteiger partial charge in [0.15, 0.2) is 0 Å². The van der Waals surface area contributed by atoms with Gasteiger partial charge in [0.05, 0.1) is 54.9 Å². The molecular weight excluding hydrogens is 660 g/mol. The van der Waals surface area contributed by atoms with Gasteiger partial charge in [-0.2, -0.15) is 0 Å². The Morgan fingerprint density at radius 1 is 0.353 bits per heavy atom. The minimum atomic E-state index is 0. The summed E-state index contributed by atoms with van der Waals surface area (Å²) in [6, 6.07) is 23.4. The molecule has 0 spiro atoms. The highest BCUT2D eigenvalue weighted by molar-refractivity contribution is 5.64. The van der Waals surface area contributed by atoms with Crippen molar-refractivity contribution in [2.45, 2.75) is 56.3 Å². The van der Waals surface area contributed by atoms with E-state index in [1.165, 1.54) is 11.1 Å². The highest BCUT2D eigenvalue weighted by Gasteiger charge is 2.49. The van der Waals surface area contributed by atoms with Gasteiger partial charge in [0, 0.05) is 28.4 Å². The summed E-state index contributed by atoms with van der Waals surface area (Å²) in [5, 5.41) is 0. The van der Waals surface area contributed by atoms with E-state index >= 15 is 0 Å². The topological polar surface area (TPSA) is 111 Å². The van der Waals surface area contributed by atoms with Crippen LogP contribution < -0.4 is 18.9 Å². The number of rotatable bonds is 9. The van der Waals surface area contributed by atoms with Gasteiger partial charge in [0.25, 0.3) is 0 Å². The molecule has 51 heavy (non-hydrogen) atoms. The minimum Gasteiger partial charge on any atom is -0.497 e. The third-order valence-electron chi connectivity index (χ3n) is 8.94. The van der Waals surface area contributed by atoms with E-state index in [2.05, 4.69) is 0 Å². The predicted octanol–water partition coefficient (Wildman–Crippen LogP) is 5.34. The normalized spacial score (nSPS) is 26.7. The van der Waals surface area contributed by atoms with Crippen molar-refractivity contribution in [2.24, 2.45) is 0 Å². The Kier molecular flexibility index (Phi) is 17.9. The number of hydrogen-bond donors (Lipinski definition) is 0. The molecule has 3 aromatic carbocycles. The first-order valence-corrected chi connectivity index (χ1v) is 16.5. The highest BCUT2D eigenvalue weighted by Crippen LogP contribution is 2.31. The second-order valence-electron chi connectivity index (χ2n) is 11.6. The molecule has 4 saturated heterocycles. The smallest absolute Gasteiger partial charge is 0.119 e. The lowest BCUT2D eigenvalue weighted by Crippen LogP contribution is -2.32. The molecule has 8 atom stereocenters. The molecule has 0 aromatic heterocycles. The Labute approximate surface area is 303 Å². The van der Waals surface area contributed by atoms with Gasteiger partial charge in [0.2, 0.25) is 0 Å². The van der Waals surface area contributed by atoms with Gasteiger partial charge in [-0.3, -0.25) is 0 Å². The molecule has 4 heterocycles. The SMILES string of the molecule is C.CO[C@@H]1CO[C@H]2[C@@H]1OC[C@H]2OC.CO[C@H]1COC2C1OC[C@H]2OC.COc1ccc(-c2ccc(OC)cc2)cc1.COc1ccc(OC)cc1. The van der Waals surface area contributed by atoms with Crippen LogP contribution in [0.1, 0.15) is 7.43 Å². The molecule has 0 aliphatic carbocycles. The first kappa shape index (κ1) is 42.0. The van der Waals surface area contributed by atoms with Crippen LogP contribution in [0.25, 0.3) is 11.1 Å². The maximum atomic E-state index is 5.51. The molecule has 4 aliphatic rings. The molecule has 0 saturated carbocycles. The lowest BCUT2D eigenvalue weighted by Gasteiger charge is -2.14. The van der Waals surface area contributed by atoms with Crippen molar-refractivity contribution < 1.29 is 56.8 Å². The minimum absolute atomic E-state index is 0. The van der Waals surface area contributed by atoms with Crippen LogP contribution in [-0.4, -0.2) is 132 Å². The van der Waals surface area contributed by atoms with Crippen LogP contribution in [0, 0.1) is 0 Å². The van der Waals surface area contributed by atoms with Crippen LogP contribution in [0.3, 0.4) is 0 Å². The lowest BCUT2D eigenvalue weighted by molar-refractivity contribution is -0.0267. The van der Waals surface area contributed by atoms with Crippen molar-refractivity contribution in [3.8, 4) is 34.1 Å².